The Morgan fingerprint density at radius 1 is 1.19 bits per heavy atom. The van der Waals surface area contributed by atoms with Crippen molar-refractivity contribution in [1.82, 2.24) is 15.4 Å². The molecule has 7 heteroatoms. The maximum absolute atomic E-state index is 16.1. The van der Waals surface area contributed by atoms with Crippen molar-refractivity contribution >= 4 is 16.6 Å². The zero-order valence-corrected chi connectivity index (χ0v) is 14.5. The van der Waals surface area contributed by atoms with E-state index in [9.17, 15) is 0 Å². The number of nitrogens with two attached hydrogens (primary N) is 1. The Balaban J connectivity index is 1.71. The van der Waals surface area contributed by atoms with Gasteiger partial charge in [-0.25, -0.2) is 4.98 Å². The number of hydroxylamine groups is 1. The van der Waals surface area contributed by atoms with Crippen molar-refractivity contribution < 1.29 is 13.6 Å². The van der Waals surface area contributed by atoms with Gasteiger partial charge in [0, 0.05) is 22.7 Å². The van der Waals surface area contributed by atoms with E-state index in [0.717, 1.165) is 6.42 Å². The van der Waals surface area contributed by atoms with Gasteiger partial charge in [-0.2, -0.15) is 8.78 Å². The molecule has 1 saturated carbocycles. The number of hydrogen-bond donors (Lipinski definition) is 2. The summed E-state index contributed by atoms with van der Waals surface area (Å²) in [6.07, 6.45) is 5.35. The summed E-state index contributed by atoms with van der Waals surface area (Å²) in [4.78, 5) is 13.7. The first-order valence-corrected chi connectivity index (χ1v) is 8.95. The molecular formula is C20H18F2N4O. The second-order valence-corrected chi connectivity index (χ2v) is 7.25. The second kappa shape index (κ2) is 5.60. The van der Waals surface area contributed by atoms with Crippen molar-refractivity contribution in [2.24, 2.45) is 5.92 Å². The smallest absolute Gasteiger partial charge is 0.298 e. The number of aromatic nitrogens is 2. The maximum Gasteiger partial charge on any atom is 0.298 e. The van der Waals surface area contributed by atoms with Gasteiger partial charge in [-0.15, -0.1) is 5.48 Å². The molecule has 1 aliphatic carbocycles. The maximum atomic E-state index is 16.1. The first-order valence-electron chi connectivity index (χ1n) is 8.95. The first-order chi connectivity index (χ1) is 13.0. The van der Waals surface area contributed by atoms with E-state index in [-0.39, 0.29) is 17.4 Å². The number of pyridine rings is 2. The number of hydrogen-bond acceptors (Lipinski definition) is 5. The molecule has 1 atom stereocenters. The van der Waals surface area contributed by atoms with Crippen LogP contribution in [-0.2, 0) is 11.5 Å². The van der Waals surface area contributed by atoms with Gasteiger partial charge in [0.1, 0.15) is 0 Å². The number of nitrogen functional groups attached to an aromatic ring is 1. The van der Waals surface area contributed by atoms with E-state index < -0.39 is 11.5 Å². The highest BCUT2D eigenvalue weighted by Crippen LogP contribution is 2.59. The third-order valence-corrected chi connectivity index (χ3v) is 5.78. The minimum absolute atomic E-state index is 0.0822. The molecule has 0 spiro atoms. The normalized spacial score (nSPS) is 22.3. The number of rotatable bonds is 3. The van der Waals surface area contributed by atoms with E-state index in [1.807, 2.05) is 0 Å². The van der Waals surface area contributed by atoms with Crippen molar-refractivity contribution in [1.29, 1.82) is 0 Å². The van der Waals surface area contributed by atoms with Crippen LogP contribution >= 0.6 is 0 Å². The summed E-state index contributed by atoms with van der Waals surface area (Å²) in [5, 5.41) is 0.670. The highest BCUT2D eigenvalue weighted by Gasteiger charge is 2.65. The quantitative estimate of drug-likeness (QED) is 0.734. The van der Waals surface area contributed by atoms with Crippen molar-refractivity contribution in [3.8, 4) is 5.88 Å². The Hall–Kier alpha value is -2.80. The van der Waals surface area contributed by atoms with Crippen LogP contribution in [0.3, 0.4) is 0 Å². The third-order valence-electron chi connectivity index (χ3n) is 5.78. The molecular weight excluding hydrogens is 350 g/mol. The van der Waals surface area contributed by atoms with Gasteiger partial charge in [-0.3, -0.25) is 4.98 Å². The number of fused-ring (bicyclic) bond motifs is 2. The van der Waals surface area contributed by atoms with Crippen molar-refractivity contribution in [2.75, 3.05) is 5.73 Å². The fourth-order valence-electron chi connectivity index (χ4n) is 4.15. The van der Waals surface area contributed by atoms with Gasteiger partial charge >= 0.3 is 0 Å². The monoisotopic (exact) mass is 368 g/mol. The van der Waals surface area contributed by atoms with Crippen LogP contribution in [0.2, 0.25) is 0 Å². The Labute approximate surface area is 154 Å². The number of anilines is 1. The Morgan fingerprint density at radius 2 is 2.04 bits per heavy atom. The number of halogens is 2. The molecule has 2 aromatic heterocycles. The van der Waals surface area contributed by atoms with Gasteiger partial charge in [0.15, 0.2) is 5.54 Å². The van der Waals surface area contributed by atoms with E-state index in [2.05, 4.69) is 15.4 Å². The zero-order chi connectivity index (χ0) is 18.6. The highest BCUT2D eigenvalue weighted by molar-refractivity contribution is 5.79. The summed E-state index contributed by atoms with van der Waals surface area (Å²) < 4.78 is 32.2. The molecule has 1 aromatic carbocycles. The lowest BCUT2D eigenvalue weighted by Gasteiger charge is -2.46. The molecule has 3 heterocycles. The summed E-state index contributed by atoms with van der Waals surface area (Å²) in [6, 6.07) is 9.64. The molecule has 0 bridgehead atoms. The van der Waals surface area contributed by atoms with Crippen molar-refractivity contribution in [2.45, 2.75) is 30.7 Å². The van der Waals surface area contributed by atoms with Gasteiger partial charge in [0.25, 0.3) is 5.92 Å². The standard InChI is InChI=1S/C20H18F2N4O/c21-20(22,14-6-7-17-12(9-14)3-2-8-24-17)19(13-4-1-5-13)16-10-15(23)11-25-18(16)27-26-19/h2-3,6-11,13,26H,1,4-5,23H2. The SMILES string of the molecule is Nc1cnc2c(c1)C(C1CCC1)(C(F)(F)c1ccc3ncccc3c1)NO2. The van der Waals surface area contributed by atoms with Crippen LogP contribution in [0.25, 0.3) is 10.9 Å². The molecule has 0 amide bonds. The van der Waals surface area contributed by atoms with Crippen molar-refractivity contribution in [3.05, 3.63) is 59.9 Å². The van der Waals surface area contributed by atoms with Crippen LogP contribution in [0.1, 0.15) is 30.4 Å². The molecule has 138 valence electrons. The summed E-state index contributed by atoms with van der Waals surface area (Å²) in [5.41, 5.74) is 8.10. The van der Waals surface area contributed by atoms with Crippen LogP contribution in [-0.4, -0.2) is 9.97 Å². The lowest BCUT2D eigenvalue weighted by atomic mass is 9.64. The molecule has 0 radical (unpaired) electrons. The van der Waals surface area contributed by atoms with E-state index in [0.29, 0.717) is 35.0 Å². The summed E-state index contributed by atoms with van der Waals surface area (Å²) in [5.74, 6) is -3.34. The number of nitrogens with zero attached hydrogens (tertiary/aromatic N) is 2. The second-order valence-electron chi connectivity index (χ2n) is 7.25. The lowest BCUT2D eigenvalue weighted by molar-refractivity contribution is -0.163. The molecule has 27 heavy (non-hydrogen) atoms. The molecule has 0 saturated heterocycles. The van der Waals surface area contributed by atoms with Crippen LogP contribution in [0, 0.1) is 5.92 Å². The summed E-state index contributed by atoms with van der Waals surface area (Å²) in [6.45, 7) is 0. The highest BCUT2D eigenvalue weighted by atomic mass is 19.3. The Kier molecular flexibility index (Phi) is 3.40. The zero-order valence-electron chi connectivity index (χ0n) is 14.5. The predicted octanol–water partition coefficient (Wildman–Crippen LogP) is 3.90. The minimum atomic E-state index is -3.23. The molecule has 5 nitrogen and oxygen atoms in total. The lowest BCUT2D eigenvalue weighted by Crippen LogP contribution is -2.58. The average molecular weight is 368 g/mol. The molecule has 3 aromatic rings. The van der Waals surface area contributed by atoms with E-state index in [4.69, 9.17) is 10.6 Å². The summed E-state index contributed by atoms with van der Waals surface area (Å²) in [7, 11) is 0. The van der Waals surface area contributed by atoms with Gasteiger partial charge in [-0.1, -0.05) is 18.6 Å². The minimum Gasteiger partial charge on any atom is -0.397 e. The van der Waals surface area contributed by atoms with Crippen LogP contribution in [0.4, 0.5) is 14.5 Å². The number of alkyl halides is 2. The van der Waals surface area contributed by atoms with Gasteiger partial charge in [0.2, 0.25) is 5.88 Å². The van der Waals surface area contributed by atoms with E-state index >= 15 is 8.78 Å². The molecule has 1 aliphatic heterocycles. The van der Waals surface area contributed by atoms with Crippen LogP contribution in [0.5, 0.6) is 5.88 Å². The number of nitrogens with one attached hydrogen (secondary N) is 1. The molecule has 2 aliphatic rings. The summed E-state index contributed by atoms with van der Waals surface area (Å²) >= 11 is 0. The molecule has 1 fully saturated rings. The van der Waals surface area contributed by atoms with Crippen LogP contribution in [0.15, 0.2) is 48.8 Å². The van der Waals surface area contributed by atoms with Crippen molar-refractivity contribution in [3.63, 3.8) is 0 Å². The molecule has 1 unspecified atom stereocenters. The van der Waals surface area contributed by atoms with E-state index in [1.54, 1.807) is 30.5 Å². The first kappa shape index (κ1) is 16.4. The number of benzene rings is 1. The Bertz CT molecular complexity index is 1040. The largest absolute Gasteiger partial charge is 0.397 e. The Morgan fingerprint density at radius 3 is 2.81 bits per heavy atom. The van der Waals surface area contributed by atoms with Gasteiger partial charge in [-0.05, 0) is 43.0 Å². The fourth-order valence-corrected chi connectivity index (χ4v) is 4.15. The van der Waals surface area contributed by atoms with Gasteiger partial charge in [0.05, 0.1) is 17.4 Å². The molecule has 3 N–H and O–H groups in total. The van der Waals surface area contributed by atoms with Gasteiger partial charge < -0.3 is 10.6 Å². The topological polar surface area (TPSA) is 73.1 Å². The van der Waals surface area contributed by atoms with Crippen LogP contribution < -0.4 is 16.1 Å². The predicted molar refractivity (Wildman–Crippen MR) is 97.1 cm³/mol. The molecule has 5 rings (SSSR count). The van der Waals surface area contributed by atoms with E-state index in [1.165, 1.54) is 18.3 Å². The third kappa shape index (κ3) is 2.18. The average Bonchev–Trinajstić information content (AvgIpc) is 3.00. The fraction of sp³-hybridized carbons (Fsp3) is 0.300.